The van der Waals surface area contributed by atoms with Crippen LogP contribution in [0.1, 0.15) is 18.6 Å². The lowest BCUT2D eigenvalue weighted by Gasteiger charge is -2.02. The Morgan fingerprint density at radius 3 is 2.60 bits per heavy atom. The fourth-order valence-corrected chi connectivity index (χ4v) is 1.46. The molecule has 0 fully saturated rings. The number of hydrogen-bond donors (Lipinski definition) is 1. The lowest BCUT2D eigenvalue weighted by Crippen LogP contribution is -2.07. The molecule has 2 rings (SSSR count). The van der Waals surface area contributed by atoms with Crippen LogP contribution in [-0.2, 0) is 20.0 Å². The first-order chi connectivity index (χ1) is 7.20. The number of aromatic nitrogens is 5. The zero-order valence-electron chi connectivity index (χ0n) is 8.88. The minimum absolute atomic E-state index is 0.598. The fraction of sp³-hybridized carbons (Fsp3) is 0.444. The Morgan fingerprint density at radius 2 is 2.07 bits per heavy atom. The molecule has 0 amide bonds. The minimum atomic E-state index is 0.598. The summed E-state index contributed by atoms with van der Waals surface area (Å²) in [7, 11) is 1.96. The van der Waals surface area contributed by atoms with Gasteiger partial charge in [-0.1, -0.05) is 6.92 Å². The minimum Gasteiger partial charge on any atom is -0.396 e. The third-order valence-corrected chi connectivity index (χ3v) is 2.33. The van der Waals surface area contributed by atoms with Gasteiger partial charge in [-0.2, -0.15) is 5.10 Å². The number of nitrogens with zero attached hydrogens (tertiary/aromatic N) is 5. The van der Waals surface area contributed by atoms with E-state index in [1.54, 1.807) is 17.1 Å². The first-order valence-electron chi connectivity index (χ1n) is 4.85. The number of aryl methyl sites for hydroxylation is 1. The van der Waals surface area contributed by atoms with Crippen LogP contribution >= 0.6 is 0 Å². The van der Waals surface area contributed by atoms with E-state index in [0.717, 1.165) is 18.1 Å². The van der Waals surface area contributed by atoms with Crippen molar-refractivity contribution in [3.8, 4) is 0 Å². The number of anilines is 1. The molecular formula is C9H14N6. The highest BCUT2D eigenvalue weighted by molar-refractivity contribution is 5.30. The number of nitrogens with two attached hydrogens (primary N) is 1. The molecule has 0 saturated carbocycles. The van der Waals surface area contributed by atoms with E-state index < -0.39 is 0 Å². The molecule has 0 radical (unpaired) electrons. The highest BCUT2D eigenvalue weighted by atomic mass is 15.3. The Balaban J connectivity index is 2.21. The van der Waals surface area contributed by atoms with Gasteiger partial charge in [-0.05, 0) is 0 Å². The Morgan fingerprint density at radius 1 is 1.33 bits per heavy atom. The molecule has 0 aliphatic carbocycles. The average Bonchev–Trinajstić information content (AvgIpc) is 2.76. The van der Waals surface area contributed by atoms with Crippen LogP contribution in [0.5, 0.6) is 0 Å². The maximum atomic E-state index is 5.58. The molecule has 2 heterocycles. The zero-order chi connectivity index (χ0) is 10.8. The molecule has 0 unspecified atom stereocenters. The fourth-order valence-electron chi connectivity index (χ4n) is 1.46. The first-order valence-corrected chi connectivity index (χ1v) is 4.85. The van der Waals surface area contributed by atoms with Crippen molar-refractivity contribution in [2.24, 2.45) is 7.05 Å². The second-order valence-electron chi connectivity index (χ2n) is 3.42. The van der Waals surface area contributed by atoms with E-state index in [9.17, 15) is 0 Å². The van der Waals surface area contributed by atoms with E-state index in [2.05, 4.69) is 22.2 Å². The summed E-state index contributed by atoms with van der Waals surface area (Å²) in [4.78, 5) is 0. The van der Waals surface area contributed by atoms with Crippen molar-refractivity contribution in [1.82, 2.24) is 24.5 Å². The van der Waals surface area contributed by atoms with Gasteiger partial charge in [0.15, 0.2) is 5.82 Å². The van der Waals surface area contributed by atoms with Crippen LogP contribution in [0.25, 0.3) is 0 Å². The largest absolute Gasteiger partial charge is 0.396 e. The van der Waals surface area contributed by atoms with Crippen LogP contribution in [0.2, 0.25) is 0 Å². The predicted molar refractivity (Wildman–Crippen MR) is 56.1 cm³/mol. The van der Waals surface area contributed by atoms with Crippen molar-refractivity contribution in [2.75, 3.05) is 5.73 Å². The van der Waals surface area contributed by atoms with Crippen molar-refractivity contribution in [3.05, 3.63) is 24.0 Å². The van der Waals surface area contributed by atoms with E-state index in [1.807, 2.05) is 11.6 Å². The number of nitrogen functional groups attached to an aromatic ring is 1. The zero-order valence-corrected chi connectivity index (χ0v) is 8.88. The van der Waals surface area contributed by atoms with Gasteiger partial charge in [-0.3, -0.25) is 4.68 Å². The monoisotopic (exact) mass is 206 g/mol. The van der Waals surface area contributed by atoms with Gasteiger partial charge in [0.25, 0.3) is 0 Å². The normalized spacial score (nSPS) is 10.8. The molecule has 6 nitrogen and oxygen atoms in total. The lowest BCUT2D eigenvalue weighted by atomic mass is 10.4. The van der Waals surface area contributed by atoms with E-state index in [4.69, 9.17) is 5.73 Å². The van der Waals surface area contributed by atoms with Crippen LogP contribution in [0.15, 0.2) is 12.4 Å². The van der Waals surface area contributed by atoms with E-state index in [-0.39, 0.29) is 0 Å². The Bertz CT molecular complexity index is 455. The smallest absolute Gasteiger partial charge is 0.154 e. The summed E-state index contributed by atoms with van der Waals surface area (Å²) in [5, 5.41) is 12.3. The van der Waals surface area contributed by atoms with Gasteiger partial charge in [-0.25, -0.2) is 0 Å². The Labute approximate surface area is 87.7 Å². The number of rotatable bonds is 3. The lowest BCUT2D eigenvalue weighted by molar-refractivity contribution is 0.625. The molecule has 80 valence electrons. The van der Waals surface area contributed by atoms with Gasteiger partial charge in [0.05, 0.1) is 11.9 Å². The maximum Gasteiger partial charge on any atom is 0.154 e. The molecule has 2 aromatic rings. The topological polar surface area (TPSA) is 74.6 Å². The summed E-state index contributed by atoms with van der Waals surface area (Å²) in [6.07, 6.45) is 4.28. The molecule has 0 atom stereocenters. The van der Waals surface area contributed by atoms with Gasteiger partial charge in [-0.15, -0.1) is 10.2 Å². The average molecular weight is 206 g/mol. The third-order valence-electron chi connectivity index (χ3n) is 2.33. The van der Waals surface area contributed by atoms with Crippen LogP contribution in [0.4, 0.5) is 5.69 Å². The maximum absolute atomic E-state index is 5.58. The molecule has 0 spiro atoms. The first kappa shape index (κ1) is 9.70. The summed E-state index contributed by atoms with van der Waals surface area (Å²) in [6.45, 7) is 2.65. The van der Waals surface area contributed by atoms with Gasteiger partial charge in [0, 0.05) is 19.7 Å². The summed E-state index contributed by atoms with van der Waals surface area (Å²) >= 11 is 0. The van der Waals surface area contributed by atoms with E-state index in [1.165, 1.54) is 0 Å². The quantitative estimate of drug-likeness (QED) is 0.778. The molecule has 6 heteroatoms. The van der Waals surface area contributed by atoms with Crippen LogP contribution < -0.4 is 5.73 Å². The van der Waals surface area contributed by atoms with Gasteiger partial charge >= 0.3 is 0 Å². The third kappa shape index (κ3) is 1.83. The summed E-state index contributed by atoms with van der Waals surface area (Å²) < 4.78 is 3.73. The Hall–Kier alpha value is -1.85. The highest BCUT2D eigenvalue weighted by Gasteiger charge is 2.07. The molecule has 0 bridgehead atoms. The number of hydrogen-bond acceptors (Lipinski definition) is 4. The highest BCUT2D eigenvalue weighted by Crippen LogP contribution is 2.04. The van der Waals surface area contributed by atoms with Crippen LogP contribution in [0, 0.1) is 0 Å². The molecule has 0 aliphatic rings. The van der Waals surface area contributed by atoms with Gasteiger partial charge in [0.2, 0.25) is 0 Å². The predicted octanol–water partition coefficient (Wildman–Crippen LogP) is 0.204. The Kier molecular flexibility index (Phi) is 2.40. The van der Waals surface area contributed by atoms with Gasteiger partial charge < -0.3 is 10.3 Å². The van der Waals surface area contributed by atoms with Crippen molar-refractivity contribution in [3.63, 3.8) is 0 Å². The molecule has 15 heavy (non-hydrogen) atoms. The summed E-state index contributed by atoms with van der Waals surface area (Å²) in [6, 6.07) is 0. The molecule has 0 aliphatic heterocycles. The van der Waals surface area contributed by atoms with E-state index >= 15 is 0 Å². The SMILES string of the molecule is CCc1nnc(Cn2cc(N)cn2)n1C. The molecule has 0 saturated heterocycles. The molecule has 2 N–H and O–H groups in total. The van der Waals surface area contributed by atoms with E-state index in [0.29, 0.717) is 12.2 Å². The van der Waals surface area contributed by atoms with Crippen molar-refractivity contribution in [2.45, 2.75) is 19.9 Å². The molecular weight excluding hydrogens is 192 g/mol. The molecule has 0 aromatic carbocycles. The second kappa shape index (κ2) is 3.72. The standard InChI is InChI=1S/C9H14N6/c1-3-8-12-13-9(14(8)2)6-15-5-7(10)4-11-15/h4-5H,3,6,10H2,1-2H3. The summed E-state index contributed by atoms with van der Waals surface area (Å²) in [5.74, 6) is 1.86. The summed E-state index contributed by atoms with van der Waals surface area (Å²) in [5.41, 5.74) is 6.24. The van der Waals surface area contributed by atoms with Crippen molar-refractivity contribution in [1.29, 1.82) is 0 Å². The van der Waals surface area contributed by atoms with Crippen molar-refractivity contribution < 1.29 is 0 Å². The van der Waals surface area contributed by atoms with Crippen LogP contribution in [-0.4, -0.2) is 24.5 Å². The molecule has 2 aromatic heterocycles. The van der Waals surface area contributed by atoms with Gasteiger partial charge in [0.1, 0.15) is 12.4 Å². The van der Waals surface area contributed by atoms with Crippen molar-refractivity contribution >= 4 is 5.69 Å². The second-order valence-corrected chi connectivity index (χ2v) is 3.42. The van der Waals surface area contributed by atoms with Crippen LogP contribution in [0.3, 0.4) is 0 Å².